The molecule has 0 atom stereocenters. The van der Waals surface area contributed by atoms with Crippen LogP contribution in [0.4, 0.5) is 0 Å². The zero-order valence-corrected chi connectivity index (χ0v) is 11.3. The van der Waals surface area contributed by atoms with Gasteiger partial charge in [-0.15, -0.1) is 0 Å². The Bertz CT molecular complexity index is 643. The van der Waals surface area contributed by atoms with Crippen molar-refractivity contribution >= 4 is 0 Å². The van der Waals surface area contributed by atoms with Crippen LogP contribution >= 0.6 is 0 Å². The van der Waals surface area contributed by atoms with Crippen LogP contribution in [0.3, 0.4) is 0 Å². The summed E-state index contributed by atoms with van der Waals surface area (Å²) in [5, 5.41) is 0. The average Bonchev–Trinajstić information content (AvgIpc) is 2.95. The molecule has 0 amide bonds. The highest BCUT2D eigenvalue weighted by atomic mass is 16.5. The Labute approximate surface area is 119 Å². The van der Waals surface area contributed by atoms with Crippen LogP contribution in [0, 0.1) is 0 Å². The molecule has 0 fully saturated rings. The molecule has 0 spiro atoms. The minimum absolute atomic E-state index is 0.601. The van der Waals surface area contributed by atoms with Gasteiger partial charge in [-0.05, 0) is 11.1 Å². The minimum Gasteiger partial charge on any atom is -0.487 e. The van der Waals surface area contributed by atoms with E-state index in [1.165, 1.54) is 16.8 Å². The molecule has 20 heavy (non-hydrogen) atoms. The number of hydrogen-bond donors (Lipinski definition) is 1. The maximum atomic E-state index is 5.78. The van der Waals surface area contributed by atoms with E-state index in [2.05, 4.69) is 47.4 Å². The normalized spacial score (nSPS) is 10.4. The molecule has 0 saturated heterocycles. The molecule has 0 aliphatic carbocycles. The number of aromatic nitrogens is 1. The zero-order valence-electron chi connectivity index (χ0n) is 11.3. The van der Waals surface area contributed by atoms with Gasteiger partial charge in [-0.3, -0.25) is 0 Å². The lowest BCUT2D eigenvalue weighted by molar-refractivity contribution is 0.306. The molecule has 0 unspecified atom stereocenters. The molecule has 0 saturated carbocycles. The van der Waals surface area contributed by atoms with E-state index < -0.39 is 0 Å². The standard InChI is InChI=1S/C18H17NO/c1-3-7-15(8-4-1)11-17-12-18(13-19-17)20-14-16-9-5-2-6-10-16/h1-10,12-13,19H,11,14H2. The number of hydrogen-bond acceptors (Lipinski definition) is 1. The second-order valence-electron chi connectivity index (χ2n) is 4.80. The van der Waals surface area contributed by atoms with Crippen molar-refractivity contribution in [1.82, 2.24) is 4.98 Å². The van der Waals surface area contributed by atoms with Crippen molar-refractivity contribution in [3.05, 3.63) is 89.7 Å². The third kappa shape index (κ3) is 3.29. The summed E-state index contributed by atoms with van der Waals surface area (Å²) in [4.78, 5) is 3.27. The number of H-pyrrole nitrogens is 1. The molecular weight excluding hydrogens is 246 g/mol. The van der Waals surface area contributed by atoms with Crippen molar-refractivity contribution in [2.24, 2.45) is 0 Å². The summed E-state index contributed by atoms with van der Waals surface area (Å²) < 4.78 is 5.78. The van der Waals surface area contributed by atoms with Crippen LogP contribution < -0.4 is 4.74 Å². The van der Waals surface area contributed by atoms with E-state index in [0.29, 0.717) is 6.61 Å². The van der Waals surface area contributed by atoms with Gasteiger partial charge in [0.15, 0.2) is 0 Å². The Morgan fingerprint density at radius 1 is 0.800 bits per heavy atom. The molecule has 1 heterocycles. The Morgan fingerprint density at radius 3 is 2.15 bits per heavy atom. The van der Waals surface area contributed by atoms with Crippen LogP contribution in [0.2, 0.25) is 0 Å². The van der Waals surface area contributed by atoms with E-state index in [1.54, 1.807) is 0 Å². The predicted octanol–water partition coefficient (Wildman–Crippen LogP) is 4.18. The Balaban J connectivity index is 1.60. The van der Waals surface area contributed by atoms with E-state index in [1.807, 2.05) is 30.5 Å². The summed E-state index contributed by atoms with van der Waals surface area (Å²) in [7, 11) is 0. The molecule has 100 valence electrons. The molecule has 3 rings (SSSR count). The summed E-state index contributed by atoms with van der Waals surface area (Å²) in [6.07, 6.45) is 2.82. The minimum atomic E-state index is 0.601. The predicted molar refractivity (Wildman–Crippen MR) is 80.8 cm³/mol. The van der Waals surface area contributed by atoms with Crippen LogP contribution in [-0.2, 0) is 13.0 Å². The van der Waals surface area contributed by atoms with Crippen molar-refractivity contribution in [2.45, 2.75) is 13.0 Å². The monoisotopic (exact) mass is 263 g/mol. The van der Waals surface area contributed by atoms with Crippen LogP contribution in [0.15, 0.2) is 72.9 Å². The molecule has 2 heteroatoms. The van der Waals surface area contributed by atoms with Gasteiger partial charge in [0, 0.05) is 24.4 Å². The van der Waals surface area contributed by atoms with Crippen LogP contribution in [0.5, 0.6) is 5.75 Å². The van der Waals surface area contributed by atoms with E-state index >= 15 is 0 Å². The fourth-order valence-corrected chi connectivity index (χ4v) is 2.16. The van der Waals surface area contributed by atoms with Gasteiger partial charge in [0.2, 0.25) is 0 Å². The molecule has 0 aliphatic rings. The summed E-state index contributed by atoms with van der Waals surface area (Å²) >= 11 is 0. The van der Waals surface area contributed by atoms with E-state index in [0.717, 1.165) is 12.2 Å². The first-order valence-electron chi connectivity index (χ1n) is 6.78. The van der Waals surface area contributed by atoms with Crippen LogP contribution in [0.25, 0.3) is 0 Å². The smallest absolute Gasteiger partial charge is 0.137 e. The van der Waals surface area contributed by atoms with Gasteiger partial charge in [0.25, 0.3) is 0 Å². The number of benzene rings is 2. The Hall–Kier alpha value is -2.48. The number of nitrogens with one attached hydrogen (secondary N) is 1. The summed E-state index contributed by atoms with van der Waals surface area (Å²) in [5.74, 6) is 0.889. The molecule has 0 bridgehead atoms. The molecule has 2 nitrogen and oxygen atoms in total. The number of rotatable bonds is 5. The van der Waals surface area contributed by atoms with Gasteiger partial charge in [0.05, 0.1) is 0 Å². The van der Waals surface area contributed by atoms with Crippen LogP contribution in [0.1, 0.15) is 16.8 Å². The first kappa shape index (κ1) is 12.5. The summed E-state index contributed by atoms with van der Waals surface area (Å²) in [6, 6.07) is 22.7. The van der Waals surface area contributed by atoms with Crippen molar-refractivity contribution in [2.75, 3.05) is 0 Å². The molecule has 0 radical (unpaired) electrons. The maximum Gasteiger partial charge on any atom is 0.137 e. The highest BCUT2D eigenvalue weighted by Crippen LogP contribution is 2.17. The largest absolute Gasteiger partial charge is 0.487 e. The van der Waals surface area contributed by atoms with Gasteiger partial charge in [-0.1, -0.05) is 60.7 Å². The second-order valence-corrected chi connectivity index (χ2v) is 4.80. The van der Waals surface area contributed by atoms with E-state index in [9.17, 15) is 0 Å². The summed E-state index contributed by atoms with van der Waals surface area (Å²) in [6.45, 7) is 0.601. The number of aromatic amines is 1. The van der Waals surface area contributed by atoms with E-state index in [-0.39, 0.29) is 0 Å². The van der Waals surface area contributed by atoms with Crippen molar-refractivity contribution < 1.29 is 4.74 Å². The van der Waals surface area contributed by atoms with Crippen molar-refractivity contribution in [1.29, 1.82) is 0 Å². The highest BCUT2D eigenvalue weighted by Gasteiger charge is 2.02. The zero-order chi connectivity index (χ0) is 13.6. The van der Waals surface area contributed by atoms with Gasteiger partial charge >= 0.3 is 0 Å². The molecule has 1 N–H and O–H groups in total. The Kier molecular flexibility index (Phi) is 3.83. The lowest BCUT2D eigenvalue weighted by atomic mass is 10.1. The van der Waals surface area contributed by atoms with Crippen molar-refractivity contribution in [3.63, 3.8) is 0 Å². The van der Waals surface area contributed by atoms with Crippen LogP contribution in [-0.4, -0.2) is 4.98 Å². The topological polar surface area (TPSA) is 25.0 Å². The van der Waals surface area contributed by atoms with Gasteiger partial charge in [-0.2, -0.15) is 0 Å². The van der Waals surface area contributed by atoms with Gasteiger partial charge in [-0.25, -0.2) is 0 Å². The van der Waals surface area contributed by atoms with Gasteiger partial charge in [0.1, 0.15) is 12.4 Å². The molecular formula is C18H17NO. The molecule has 2 aromatic carbocycles. The fraction of sp³-hybridized carbons (Fsp3) is 0.111. The SMILES string of the molecule is c1ccc(COc2c[nH]c(Cc3ccccc3)c2)cc1. The third-order valence-corrected chi connectivity index (χ3v) is 3.20. The average molecular weight is 263 g/mol. The first-order chi connectivity index (χ1) is 9.90. The summed E-state index contributed by atoms with van der Waals surface area (Å²) in [5.41, 5.74) is 3.64. The van der Waals surface area contributed by atoms with Crippen molar-refractivity contribution in [3.8, 4) is 5.75 Å². The molecule has 3 aromatic rings. The Morgan fingerprint density at radius 2 is 1.45 bits per heavy atom. The molecule has 1 aromatic heterocycles. The lowest BCUT2D eigenvalue weighted by Gasteiger charge is -2.03. The number of ether oxygens (including phenoxy) is 1. The van der Waals surface area contributed by atoms with Gasteiger partial charge < -0.3 is 9.72 Å². The maximum absolute atomic E-state index is 5.78. The molecule has 0 aliphatic heterocycles. The third-order valence-electron chi connectivity index (χ3n) is 3.20. The first-order valence-corrected chi connectivity index (χ1v) is 6.78. The quantitative estimate of drug-likeness (QED) is 0.733. The highest BCUT2D eigenvalue weighted by molar-refractivity contribution is 5.28. The fourth-order valence-electron chi connectivity index (χ4n) is 2.16. The second kappa shape index (κ2) is 6.11. The van der Waals surface area contributed by atoms with E-state index in [4.69, 9.17) is 4.74 Å². The lowest BCUT2D eigenvalue weighted by Crippen LogP contribution is -1.93.